The van der Waals surface area contributed by atoms with Crippen molar-refractivity contribution in [3.63, 3.8) is 0 Å². The van der Waals surface area contributed by atoms with Crippen LogP contribution in [0.2, 0.25) is 5.02 Å². The molecule has 2 heterocycles. The van der Waals surface area contributed by atoms with E-state index in [1.165, 1.54) is 53.4 Å². The van der Waals surface area contributed by atoms with Crippen LogP contribution in [-0.4, -0.2) is 66.0 Å². The van der Waals surface area contributed by atoms with Crippen LogP contribution in [0.4, 0.5) is 17.1 Å². The van der Waals surface area contributed by atoms with Crippen molar-refractivity contribution in [1.82, 2.24) is 15.2 Å². The molecule has 0 aliphatic carbocycles. The van der Waals surface area contributed by atoms with Gasteiger partial charge in [0.05, 0.1) is 23.3 Å². The number of halogens is 1. The molecule has 14 heteroatoms. The lowest BCUT2D eigenvalue weighted by atomic mass is 10.0. The first-order valence-corrected chi connectivity index (χ1v) is 12.7. The Kier molecular flexibility index (Phi) is 8.99. The zero-order valence-electron chi connectivity index (χ0n) is 21.9. The van der Waals surface area contributed by atoms with Crippen LogP contribution < -0.4 is 20.5 Å². The van der Waals surface area contributed by atoms with Gasteiger partial charge in [-0.3, -0.25) is 29.5 Å². The molecule has 0 bridgehead atoms. The van der Waals surface area contributed by atoms with E-state index in [9.17, 15) is 19.2 Å². The average Bonchev–Trinajstić information content (AvgIpc) is 2.98. The van der Waals surface area contributed by atoms with Crippen molar-refractivity contribution in [2.75, 3.05) is 35.4 Å². The Balaban J connectivity index is 1.61. The van der Waals surface area contributed by atoms with Crippen molar-refractivity contribution in [2.24, 2.45) is 5.22 Å². The van der Waals surface area contributed by atoms with Crippen LogP contribution in [0.15, 0.2) is 72.1 Å². The lowest BCUT2D eigenvalue weighted by Crippen LogP contribution is -2.60. The highest BCUT2D eigenvalue weighted by molar-refractivity contribution is 6.31. The van der Waals surface area contributed by atoms with E-state index in [-0.39, 0.29) is 34.4 Å². The first-order valence-electron chi connectivity index (χ1n) is 12.3. The molecule has 1 aliphatic heterocycles. The molecular formula is C27H26ClN9O4. The van der Waals surface area contributed by atoms with Crippen LogP contribution in [0.3, 0.4) is 0 Å². The van der Waals surface area contributed by atoms with E-state index in [0.717, 1.165) is 16.9 Å². The number of piperazine rings is 1. The smallest absolute Gasteiger partial charge is 0.269 e. The Bertz CT molecular complexity index is 1480. The fraction of sp³-hybridized carbons (Fsp3) is 0.185. The molecule has 4 rings (SSSR count). The Morgan fingerprint density at radius 1 is 1.12 bits per heavy atom. The predicted octanol–water partition coefficient (Wildman–Crippen LogP) is 2.88. The zero-order chi connectivity index (χ0) is 29.5. The largest absolute Gasteiger partial charge is 0.354 e. The average molecular weight is 576 g/mol. The molecule has 0 saturated carbocycles. The van der Waals surface area contributed by atoms with E-state index in [2.05, 4.69) is 20.8 Å². The summed E-state index contributed by atoms with van der Waals surface area (Å²) in [7, 11) is 1.48. The van der Waals surface area contributed by atoms with Gasteiger partial charge in [0.25, 0.3) is 5.91 Å². The van der Waals surface area contributed by atoms with E-state index in [1.807, 2.05) is 30.3 Å². The van der Waals surface area contributed by atoms with Crippen LogP contribution in [0.25, 0.3) is 0 Å². The highest BCUT2D eigenvalue weighted by atomic mass is 35.5. The summed E-state index contributed by atoms with van der Waals surface area (Å²) in [4.78, 5) is 58.8. The first kappa shape index (κ1) is 28.8. The van der Waals surface area contributed by atoms with Gasteiger partial charge in [0, 0.05) is 18.5 Å². The Morgan fingerprint density at radius 2 is 1.88 bits per heavy atom. The Labute approximate surface area is 240 Å². The Morgan fingerprint density at radius 3 is 2.51 bits per heavy atom. The van der Waals surface area contributed by atoms with Crippen LogP contribution >= 0.6 is 11.6 Å². The van der Waals surface area contributed by atoms with Gasteiger partial charge >= 0.3 is 0 Å². The van der Waals surface area contributed by atoms with E-state index in [1.54, 1.807) is 0 Å². The second-order valence-corrected chi connectivity index (χ2v) is 9.35. The van der Waals surface area contributed by atoms with Crippen molar-refractivity contribution < 1.29 is 19.2 Å². The highest BCUT2D eigenvalue weighted by Gasteiger charge is 2.39. The van der Waals surface area contributed by atoms with E-state index >= 15 is 0 Å². The summed E-state index contributed by atoms with van der Waals surface area (Å²) in [5.74, 6) is -1.91. The second-order valence-electron chi connectivity index (χ2n) is 8.91. The molecule has 4 N–H and O–H groups in total. The molecule has 1 aromatic heterocycles. The number of hydrogen-bond donors (Lipinski definition) is 4. The summed E-state index contributed by atoms with van der Waals surface area (Å²) >= 11 is 6.17. The zero-order valence-corrected chi connectivity index (χ0v) is 22.6. The van der Waals surface area contributed by atoms with Gasteiger partial charge in [-0.25, -0.2) is 9.99 Å². The predicted molar refractivity (Wildman–Crippen MR) is 152 cm³/mol. The van der Waals surface area contributed by atoms with Gasteiger partial charge in [-0.05, 0) is 35.9 Å². The van der Waals surface area contributed by atoms with Gasteiger partial charge in [0.1, 0.15) is 31.2 Å². The number of pyridine rings is 1. The minimum Gasteiger partial charge on any atom is -0.354 e. The summed E-state index contributed by atoms with van der Waals surface area (Å²) in [6.45, 7) is -0.816. The maximum atomic E-state index is 13.5. The SMILES string of the molecule is CNC(=O)c1ccc(NC(=O)C(Cc2ccccc2)N2CC(=O)N(c3cc(Cl)ccc3N(C=N)N=N)CC2=O)cn1. The molecule has 2 aromatic carbocycles. The van der Waals surface area contributed by atoms with Crippen LogP contribution in [-0.2, 0) is 20.8 Å². The van der Waals surface area contributed by atoms with Gasteiger partial charge in [0.15, 0.2) is 0 Å². The summed E-state index contributed by atoms with van der Waals surface area (Å²) in [6.07, 6.45) is 2.26. The Hall–Kier alpha value is -5.17. The van der Waals surface area contributed by atoms with Crippen molar-refractivity contribution in [3.8, 4) is 0 Å². The topological polar surface area (TPSA) is 175 Å². The van der Waals surface area contributed by atoms with Crippen molar-refractivity contribution >= 4 is 58.6 Å². The maximum absolute atomic E-state index is 13.5. The fourth-order valence-electron chi connectivity index (χ4n) is 4.33. The lowest BCUT2D eigenvalue weighted by Gasteiger charge is -2.38. The summed E-state index contributed by atoms with van der Waals surface area (Å²) < 4.78 is 0. The third-order valence-electron chi connectivity index (χ3n) is 6.37. The quantitative estimate of drug-likeness (QED) is 0.125. The van der Waals surface area contributed by atoms with Crippen molar-refractivity contribution in [2.45, 2.75) is 12.5 Å². The molecule has 1 saturated heterocycles. The van der Waals surface area contributed by atoms with Gasteiger partial charge in [0.2, 0.25) is 17.7 Å². The van der Waals surface area contributed by atoms with Crippen LogP contribution in [0.1, 0.15) is 16.1 Å². The van der Waals surface area contributed by atoms with Crippen LogP contribution in [0, 0.1) is 10.9 Å². The molecule has 210 valence electrons. The normalized spacial score (nSPS) is 13.8. The molecule has 1 fully saturated rings. The number of carbonyl (C=O) groups is 4. The second kappa shape index (κ2) is 12.8. The molecule has 0 spiro atoms. The number of carbonyl (C=O) groups excluding carboxylic acids is 4. The van der Waals surface area contributed by atoms with Crippen LogP contribution in [0.5, 0.6) is 0 Å². The maximum Gasteiger partial charge on any atom is 0.269 e. The molecule has 1 aliphatic rings. The van der Waals surface area contributed by atoms with Gasteiger partial charge in [-0.1, -0.05) is 47.2 Å². The molecule has 13 nitrogen and oxygen atoms in total. The number of rotatable bonds is 10. The lowest BCUT2D eigenvalue weighted by molar-refractivity contribution is -0.143. The molecule has 0 radical (unpaired) electrons. The van der Waals surface area contributed by atoms with Gasteiger partial charge < -0.3 is 15.5 Å². The molecule has 41 heavy (non-hydrogen) atoms. The molecule has 1 atom stereocenters. The number of aromatic nitrogens is 1. The third-order valence-corrected chi connectivity index (χ3v) is 6.60. The minimum absolute atomic E-state index is 0.136. The summed E-state index contributed by atoms with van der Waals surface area (Å²) in [6, 6.07) is 15.5. The molecular weight excluding hydrogens is 550 g/mol. The van der Waals surface area contributed by atoms with E-state index in [4.69, 9.17) is 22.5 Å². The van der Waals surface area contributed by atoms with Crippen molar-refractivity contribution in [1.29, 1.82) is 10.9 Å². The van der Waals surface area contributed by atoms with Gasteiger partial charge in [-0.15, -0.1) is 0 Å². The molecule has 3 aromatic rings. The van der Waals surface area contributed by atoms with E-state index in [0.29, 0.717) is 5.69 Å². The number of hydrogen-bond acceptors (Lipinski definition) is 8. The van der Waals surface area contributed by atoms with Crippen molar-refractivity contribution in [3.05, 3.63) is 83.1 Å². The summed E-state index contributed by atoms with van der Waals surface area (Å²) in [5.41, 5.74) is 9.01. The number of benzene rings is 2. The number of amides is 4. The highest BCUT2D eigenvalue weighted by Crippen LogP contribution is 2.33. The standard InChI is InChI=1S/C27H26ClN9O4/c1-31-26(40)20-9-8-19(13-32-20)33-27(41)23(11-17-5-3-2-4-6-17)36-15-24(38)35(14-25(36)39)22-12-18(28)7-10-21(22)37(16-29)34-30/h2-10,12-13,16,23,29-30H,11,14-15H2,1H3,(H,31,40)(H,33,41). The number of anilines is 3. The number of nitrogens with one attached hydrogen (secondary N) is 4. The molecule has 1 unspecified atom stereocenters. The third kappa shape index (κ3) is 6.53. The fourth-order valence-corrected chi connectivity index (χ4v) is 4.50. The molecule has 4 amide bonds. The van der Waals surface area contributed by atoms with E-state index < -0.39 is 36.9 Å². The first-order chi connectivity index (χ1) is 19.7. The monoisotopic (exact) mass is 575 g/mol. The van der Waals surface area contributed by atoms with Gasteiger partial charge in [-0.2, -0.15) is 5.53 Å². The summed E-state index contributed by atoms with van der Waals surface area (Å²) in [5, 5.41) is 17.2. The minimum atomic E-state index is -1.05. The number of nitrogens with zero attached hydrogens (tertiary/aromatic N) is 5.